The number of hydrogen-bond donors (Lipinski definition) is 2. The summed E-state index contributed by atoms with van der Waals surface area (Å²) in [7, 11) is -3.97. The highest BCUT2D eigenvalue weighted by Gasteiger charge is 2.79. The number of aliphatic carboxylic acids is 1. The monoisotopic (exact) mass is 353 g/mol. The maximum atomic E-state index is 12.9. The summed E-state index contributed by atoms with van der Waals surface area (Å²) in [5, 5.41) is 18.0. The minimum Gasteiger partial charge on any atom is -0.479 e. The third-order valence-corrected chi connectivity index (χ3v) is 8.38. The van der Waals surface area contributed by atoms with Crippen molar-refractivity contribution in [1.82, 2.24) is 4.90 Å². The minimum atomic E-state index is -3.97. The van der Waals surface area contributed by atoms with Crippen molar-refractivity contribution in [2.45, 2.75) is 35.9 Å². The second kappa shape index (κ2) is 5.03. The molecule has 1 aromatic rings. The van der Waals surface area contributed by atoms with Crippen LogP contribution >= 0.6 is 0 Å². The highest BCUT2D eigenvalue weighted by molar-refractivity contribution is 7.94. The molecule has 2 heterocycles. The smallest absolute Gasteiger partial charge is 0.331 e. The molecule has 8 heteroatoms. The maximum Gasteiger partial charge on any atom is 0.331 e. The van der Waals surface area contributed by atoms with Gasteiger partial charge in [-0.2, -0.15) is 0 Å². The number of aliphatic hydroxyl groups excluding tert-OH is 1. The summed E-state index contributed by atoms with van der Waals surface area (Å²) in [6.45, 7) is 2.08. The molecule has 0 spiro atoms. The molecule has 3 atom stereocenters. The van der Waals surface area contributed by atoms with Crippen molar-refractivity contribution in [2.24, 2.45) is 5.92 Å². The zero-order valence-electron chi connectivity index (χ0n) is 13.3. The summed E-state index contributed by atoms with van der Waals surface area (Å²) in [5.41, 5.74) is -1.27. The molecule has 3 rings (SSSR count). The molecule has 0 radical (unpaired) electrons. The SMILES string of the molecule is CC1(C)[C@](Cc2ccccc2)(C(=O)O)N2C(=O)[C@@H](CO)[C@H]2S1(=O)=O. The molecule has 2 saturated heterocycles. The number of rotatable bonds is 4. The van der Waals surface area contributed by atoms with Crippen LogP contribution in [0.1, 0.15) is 19.4 Å². The van der Waals surface area contributed by atoms with Crippen molar-refractivity contribution in [1.29, 1.82) is 0 Å². The molecular weight excluding hydrogens is 334 g/mol. The summed E-state index contributed by atoms with van der Waals surface area (Å²) in [6, 6.07) is 8.64. The number of aliphatic hydroxyl groups is 1. The third kappa shape index (κ3) is 1.72. The van der Waals surface area contributed by atoms with E-state index in [1.807, 2.05) is 0 Å². The van der Waals surface area contributed by atoms with Gasteiger partial charge in [0.1, 0.15) is 10.1 Å². The molecule has 0 aliphatic carbocycles. The number of nitrogens with zero attached hydrogens (tertiary/aromatic N) is 1. The van der Waals surface area contributed by atoms with E-state index in [1.54, 1.807) is 30.3 Å². The predicted molar refractivity (Wildman–Crippen MR) is 84.7 cm³/mol. The Kier molecular flexibility index (Phi) is 3.55. The van der Waals surface area contributed by atoms with Gasteiger partial charge < -0.3 is 15.1 Å². The van der Waals surface area contributed by atoms with E-state index in [1.165, 1.54) is 13.8 Å². The van der Waals surface area contributed by atoms with Crippen LogP contribution in [0.3, 0.4) is 0 Å². The molecule has 0 unspecified atom stereocenters. The van der Waals surface area contributed by atoms with Gasteiger partial charge in [-0.05, 0) is 19.4 Å². The first-order valence-electron chi connectivity index (χ1n) is 7.57. The van der Waals surface area contributed by atoms with Crippen molar-refractivity contribution in [3.8, 4) is 0 Å². The number of hydrogen-bond acceptors (Lipinski definition) is 5. The van der Waals surface area contributed by atoms with E-state index in [0.717, 1.165) is 4.90 Å². The minimum absolute atomic E-state index is 0.115. The summed E-state index contributed by atoms with van der Waals surface area (Å²) >= 11 is 0. The van der Waals surface area contributed by atoms with E-state index < -0.39 is 49.9 Å². The maximum absolute atomic E-state index is 12.9. The van der Waals surface area contributed by atoms with E-state index >= 15 is 0 Å². The number of fused-ring (bicyclic) bond motifs is 1. The molecule has 0 aromatic heterocycles. The normalized spacial score (nSPS) is 33.0. The summed E-state index contributed by atoms with van der Waals surface area (Å²) < 4.78 is 24.2. The summed E-state index contributed by atoms with van der Waals surface area (Å²) in [5.74, 6) is -3.08. The molecule has 24 heavy (non-hydrogen) atoms. The van der Waals surface area contributed by atoms with Crippen molar-refractivity contribution < 1.29 is 28.2 Å². The van der Waals surface area contributed by atoms with Crippen LogP contribution in [0.2, 0.25) is 0 Å². The number of carboxylic acids is 1. The zero-order valence-corrected chi connectivity index (χ0v) is 14.2. The first-order chi connectivity index (χ1) is 11.1. The fourth-order valence-corrected chi connectivity index (χ4v) is 6.43. The van der Waals surface area contributed by atoms with Crippen molar-refractivity contribution in [3.05, 3.63) is 35.9 Å². The largest absolute Gasteiger partial charge is 0.479 e. The second-order valence-corrected chi connectivity index (χ2v) is 9.36. The highest BCUT2D eigenvalue weighted by atomic mass is 32.2. The predicted octanol–water partition coefficient (Wildman–Crippen LogP) is 0.0363. The quantitative estimate of drug-likeness (QED) is 0.739. The van der Waals surface area contributed by atoms with Crippen LogP contribution in [0.15, 0.2) is 30.3 Å². The van der Waals surface area contributed by atoms with Gasteiger partial charge in [0.05, 0.1) is 12.5 Å². The van der Waals surface area contributed by atoms with Crippen LogP contribution in [0.5, 0.6) is 0 Å². The average molecular weight is 353 g/mol. The lowest BCUT2D eigenvalue weighted by Crippen LogP contribution is -2.71. The van der Waals surface area contributed by atoms with Crippen LogP contribution in [0.25, 0.3) is 0 Å². The molecule has 0 bridgehead atoms. The molecule has 2 fully saturated rings. The van der Waals surface area contributed by atoms with Gasteiger partial charge >= 0.3 is 5.97 Å². The van der Waals surface area contributed by atoms with Gasteiger partial charge in [0.2, 0.25) is 5.91 Å². The molecule has 2 aliphatic rings. The van der Waals surface area contributed by atoms with Crippen LogP contribution in [-0.4, -0.2) is 57.7 Å². The van der Waals surface area contributed by atoms with Gasteiger partial charge in [0.15, 0.2) is 15.4 Å². The number of amides is 1. The molecule has 7 nitrogen and oxygen atoms in total. The number of benzene rings is 1. The number of β-lactam (4-membered cyclic amide) rings is 1. The van der Waals surface area contributed by atoms with Crippen LogP contribution < -0.4 is 0 Å². The van der Waals surface area contributed by atoms with Gasteiger partial charge in [0, 0.05) is 6.42 Å². The Morgan fingerprint density at radius 2 is 1.83 bits per heavy atom. The van der Waals surface area contributed by atoms with E-state index in [-0.39, 0.29) is 6.42 Å². The van der Waals surface area contributed by atoms with E-state index in [9.17, 15) is 28.2 Å². The lowest BCUT2D eigenvalue weighted by atomic mass is 9.75. The fourth-order valence-electron chi connectivity index (χ4n) is 3.91. The van der Waals surface area contributed by atoms with Crippen molar-refractivity contribution >= 4 is 21.7 Å². The number of carbonyl (C=O) groups excluding carboxylic acids is 1. The molecular formula is C16H19NO6S. The van der Waals surface area contributed by atoms with Crippen LogP contribution in [0.4, 0.5) is 0 Å². The molecule has 2 aliphatic heterocycles. The van der Waals surface area contributed by atoms with E-state index in [4.69, 9.17) is 0 Å². The molecule has 0 saturated carbocycles. The lowest BCUT2D eigenvalue weighted by Gasteiger charge is -2.48. The first kappa shape index (κ1) is 16.9. The Morgan fingerprint density at radius 3 is 2.33 bits per heavy atom. The average Bonchev–Trinajstić information content (AvgIpc) is 2.63. The topological polar surface area (TPSA) is 112 Å². The standard InChI is InChI=1S/C16H19NO6S/c1-15(2)16(14(20)21,8-10-6-4-3-5-7-10)17-12(19)11(9-18)13(17)24(15,22)23/h3-7,11,13,18H,8-9H2,1-2H3,(H,20,21)/t11-,13-,16+/m1/s1. The van der Waals surface area contributed by atoms with Gasteiger partial charge in [-0.15, -0.1) is 0 Å². The Labute approximate surface area is 139 Å². The lowest BCUT2D eigenvalue weighted by molar-refractivity contribution is -0.176. The number of carbonyl (C=O) groups is 2. The Hall–Kier alpha value is -1.93. The van der Waals surface area contributed by atoms with E-state index in [0.29, 0.717) is 5.56 Å². The van der Waals surface area contributed by atoms with Gasteiger partial charge in [-0.3, -0.25) is 4.79 Å². The second-order valence-electron chi connectivity index (χ2n) is 6.77. The number of carboxylic acid groups (broad SMARTS) is 1. The third-order valence-electron chi connectivity index (χ3n) is 5.44. The van der Waals surface area contributed by atoms with Crippen LogP contribution in [-0.2, 0) is 25.8 Å². The van der Waals surface area contributed by atoms with Crippen LogP contribution in [0, 0.1) is 5.92 Å². The Balaban J connectivity index is 2.21. The van der Waals surface area contributed by atoms with E-state index in [2.05, 4.69) is 0 Å². The number of sulfone groups is 1. The molecule has 1 aromatic carbocycles. The molecule has 2 N–H and O–H groups in total. The van der Waals surface area contributed by atoms with Crippen molar-refractivity contribution in [2.75, 3.05) is 6.61 Å². The summed E-state index contributed by atoms with van der Waals surface area (Å²) in [6.07, 6.45) is -0.115. The fraction of sp³-hybridized carbons (Fsp3) is 0.500. The van der Waals surface area contributed by atoms with Gasteiger partial charge in [-0.25, -0.2) is 13.2 Å². The molecule has 130 valence electrons. The Bertz CT molecular complexity index is 803. The summed E-state index contributed by atoms with van der Waals surface area (Å²) in [4.78, 5) is 25.6. The van der Waals surface area contributed by atoms with Gasteiger partial charge in [-0.1, -0.05) is 30.3 Å². The zero-order chi connectivity index (χ0) is 17.9. The molecule has 1 amide bonds. The van der Waals surface area contributed by atoms with Gasteiger partial charge in [0.25, 0.3) is 0 Å². The first-order valence-corrected chi connectivity index (χ1v) is 9.12. The highest BCUT2D eigenvalue weighted by Crippen LogP contribution is 2.55. The van der Waals surface area contributed by atoms with Crippen molar-refractivity contribution in [3.63, 3.8) is 0 Å². The Morgan fingerprint density at radius 1 is 1.25 bits per heavy atom.